The van der Waals surface area contributed by atoms with E-state index in [-0.39, 0.29) is 12.1 Å². The molecule has 12 heavy (non-hydrogen) atoms. The summed E-state index contributed by atoms with van der Waals surface area (Å²) in [5.74, 6) is 1.56. The number of hydrogen-bond acceptors (Lipinski definition) is 2. The molecule has 2 rings (SSSR count). The van der Waals surface area contributed by atoms with Crippen molar-refractivity contribution in [1.29, 1.82) is 0 Å². The highest BCUT2D eigenvalue weighted by Gasteiger charge is 2.36. The molecule has 0 radical (unpaired) electrons. The maximum absolute atomic E-state index is 10.6. The fourth-order valence-electron chi connectivity index (χ4n) is 2.24. The van der Waals surface area contributed by atoms with Gasteiger partial charge in [-0.3, -0.25) is 4.79 Å². The van der Waals surface area contributed by atoms with Gasteiger partial charge in [0.2, 0.25) is 0 Å². The predicted octanol–water partition coefficient (Wildman–Crippen LogP) is 2.13. The lowest BCUT2D eigenvalue weighted by Gasteiger charge is -2.36. The molecule has 1 saturated carbocycles. The van der Waals surface area contributed by atoms with Crippen LogP contribution in [0.5, 0.6) is 0 Å². The predicted molar refractivity (Wildman–Crippen MR) is 45.6 cm³/mol. The van der Waals surface area contributed by atoms with E-state index in [2.05, 4.69) is 6.92 Å². The monoisotopic (exact) mass is 168 g/mol. The lowest BCUT2D eigenvalue weighted by atomic mass is 9.78. The number of esters is 1. The lowest BCUT2D eigenvalue weighted by molar-refractivity contribution is -0.176. The molecule has 0 aromatic heterocycles. The van der Waals surface area contributed by atoms with Gasteiger partial charge in [-0.15, -0.1) is 0 Å². The first-order valence-electron chi connectivity index (χ1n) is 4.95. The highest BCUT2D eigenvalue weighted by Crippen LogP contribution is 2.35. The average molecular weight is 168 g/mol. The maximum atomic E-state index is 10.6. The zero-order valence-corrected chi connectivity index (χ0v) is 7.58. The summed E-state index contributed by atoms with van der Waals surface area (Å²) in [7, 11) is 0. The van der Waals surface area contributed by atoms with Crippen LogP contribution >= 0.6 is 0 Å². The van der Waals surface area contributed by atoms with Crippen molar-refractivity contribution < 1.29 is 9.53 Å². The number of ether oxygens (including phenoxy) is 1. The van der Waals surface area contributed by atoms with Crippen LogP contribution in [0.15, 0.2) is 0 Å². The average Bonchev–Trinajstić information content (AvgIpc) is 2.01. The third kappa shape index (κ3) is 1.47. The molecule has 2 fully saturated rings. The Morgan fingerprint density at radius 3 is 2.33 bits per heavy atom. The number of carbonyl (C=O) groups excluding carboxylic acids is 1. The zero-order valence-electron chi connectivity index (χ0n) is 7.58. The smallest absolute Gasteiger partial charge is 0.309 e. The molecule has 0 aromatic rings. The fourth-order valence-corrected chi connectivity index (χ4v) is 2.24. The van der Waals surface area contributed by atoms with E-state index in [1.165, 1.54) is 25.7 Å². The summed E-state index contributed by atoms with van der Waals surface area (Å²) in [6.07, 6.45) is 6.12. The van der Waals surface area contributed by atoms with Crippen LogP contribution in [0, 0.1) is 11.8 Å². The van der Waals surface area contributed by atoms with E-state index >= 15 is 0 Å². The Hall–Kier alpha value is -0.530. The van der Waals surface area contributed by atoms with Gasteiger partial charge in [0, 0.05) is 0 Å². The second-order valence-corrected chi connectivity index (χ2v) is 4.25. The Balaban J connectivity index is 1.79. The van der Waals surface area contributed by atoms with Crippen molar-refractivity contribution in [1.82, 2.24) is 0 Å². The molecule has 0 N–H and O–H groups in total. The van der Waals surface area contributed by atoms with Crippen molar-refractivity contribution >= 4 is 5.97 Å². The van der Waals surface area contributed by atoms with Gasteiger partial charge in [0.05, 0.1) is 6.42 Å². The molecule has 2 aliphatic rings. The molecule has 1 heterocycles. The quantitative estimate of drug-likeness (QED) is 0.561. The van der Waals surface area contributed by atoms with E-state index in [1.807, 2.05) is 0 Å². The summed E-state index contributed by atoms with van der Waals surface area (Å²) in [6.45, 7) is 2.31. The van der Waals surface area contributed by atoms with Crippen LogP contribution in [0.3, 0.4) is 0 Å². The standard InChI is InChI=1S/C10H16O2/c1-7-2-4-8(5-3-7)9-6-10(11)12-9/h7-9H,2-6H2,1H3. The Kier molecular flexibility index (Phi) is 2.07. The molecule has 1 atom stereocenters. The topological polar surface area (TPSA) is 26.3 Å². The molecular formula is C10H16O2. The minimum atomic E-state index is -0.00128. The molecular weight excluding hydrogens is 152 g/mol. The number of hydrogen-bond donors (Lipinski definition) is 0. The van der Waals surface area contributed by atoms with E-state index in [1.54, 1.807) is 0 Å². The van der Waals surface area contributed by atoms with Crippen molar-refractivity contribution in [3.8, 4) is 0 Å². The fraction of sp³-hybridized carbons (Fsp3) is 0.900. The van der Waals surface area contributed by atoms with Gasteiger partial charge in [0.1, 0.15) is 6.10 Å². The van der Waals surface area contributed by atoms with Gasteiger partial charge in [-0.1, -0.05) is 19.8 Å². The van der Waals surface area contributed by atoms with Crippen LogP contribution in [0.4, 0.5) is 0 Å². The van der Waals surface area contributed by atoms with Gasteiger partial charge < -0.3 is 4.74 Å². The van der Waals surface area contributed by atoms with Crippen LogP contribution in [0.2, 0.25) is 0 Å². The van der Waals surface area contributed by atoms with Crippen LogP contribution < -0.4 is 0 Å². The Morgan fingerprint density at radius 2 is 1.83 bits per heavy atom. The second-order valence-electron chi connectivity index (χ2n) is 4.25. The summed E-state index contributed by atoms with van der Waals surface area (Å²) >= 11 is 0. The number of rotatable bonds is 1. The van der Waals surface area contributed by atoms with Gasteiger partial charge in [-0.2, -0.15) is 0 Å². The second kappa shape index (κ2) is 3.08. The normalized spacial score (nSPS) is 41.8. The van der Waals surface area contributed by atoms with Crippen molar-refractivity contribution in [2.75, 3.05) is 0 Å². The van der Waals surface area contributed by atoms with Crippen molar-refractivity contribution in [3.63, 3.8) is 0 Å². The largest absolute Gasteiger partial charge is 0.461 e. The highest BCUT2D eigenvalue weighted by molar-refractivity contribution is 5.75. The van der Waals surface area contributed by atoms with Crippen LogP contribution in [0.25, 0.3) is 0 Å². The van der Waals surface area contributed by atoms with Gasteiger partial charge in [0.25, 0.3) is 0 Å². The number of cyclic esters (lactones) is 1. The lowest BCUT2D eigenvalue weighted by Crippen LogP contribution is -2.40. The summed E-state index contributed by atoms with van der Waals surface area (Å²) in [5, 5.41) is 0. The Bertz CT molecular complexity index is 172. The molecule has 0 bridgehead atoms. The third-order valence-corrected chi connectivity index (χ3v) is 3.24. The van der Waals surface area contributed by atoms with Gasteiger partial charge in [0.15, 0.2) is 0 Å². The Labute approximate surface area is 73.3 Å². The Morgan fingerprint density at radius 1 is 1.25 bits per heavy atom. The molecule has 1 aliphatic carbocycles. The van der Waals surface area contributed by atoms with Crippen molar-refractivity contribution in [2.45, 2.75) is 45.1 Å². The third-order valence-electron chi connectivity index (χ3n) is 3.24. The summed E-state index contributed by atoms with van der Waals surface area (Å²) in [5.41, 5.74) is 0. The molecule has 1 aliphatic heterocycles. The van der Waals surface area contributed by atoms with Crippen molar-refractivity contribution in [2.24, 2.45) is 11.8 Å². The molecule has 1 saturated heterocycles. The molecule has 2 nitrogen and oxygen atoms in total. The first-order chi connectivity index (χ1) is 5.75. The summed E-state index contributed by atoms with van der Waals surface area (Å²) < 4.78 is 5.07. The molecule has 2 heteroatoms. The SMILES string of the molecule is CC1CCC(C2CC(=O)O2)CC1. The molecule has 0 amide bonds. The van der Waals surface area contributed by atoms with E-state index < -0.39 is 0 Å². The van der Waals surface area contributed by atoms with Crippen LogP contribution in [-0.4, -0.2) is 12.1 Å². The zero-order chi connectivity index (χ0) is 8.55. The summed E-state index contributed by atoms with van der Waals surface area (Å²) in [4.78, 5) is 10.6. The van der Waals surface area contributed by atoms with E-state index in [4.69, 9.17) is 4.74 Å². The molecule has 0 spiro atoms. The number of carbonyl (C=O) groups is 1. The van der Waals surface area contributed by atoms with E-state index in [9.17, 15) is 4.79 Å². The van der Waals surface area contributed by atoms with Gasteiger partial charge >= 0.3 is 5.97 Å². The minimum absolute atomic E-state index is 0.00128. The summed E-state index contributed by atoms with van der Waals surface area (Å²) in [6, 6.07) is 0. The maximum Gasteiger partial charge on any atom is 0.309 e. The first-order valence-corrected chi connectivity index (χ1v) is 4.95. The van der Waals surface area contributed by atoms with Gasteiger partial charge in [-0.25, -0.2) is 0 Å². The van der Waals surface area contributed by atoms with Gasteiger partial charge in [-0.05, 0) is 24.7 Å². The minimum Gasteiger partial charge on any atom is -0.461 e. The van der Waals surface area contributed by atoms with Crippen LogP contribution in [-0.2, 0) is 9.53 Å². The van der Waals surface area contributed by atoms with Crippen molar-refractivity contribution in [3.05, 3.63) is 0 Å². The van der Waals surface area contributed by atoms with E-state index in [0.29, 0.717) is 12.3 Å². The van der Waals surface area contributed by atoms with E-state index in [0.717, 1.165) is 5.92 Å². The highest BCUT2D eigenvalue weighted by atomic mass is 16.6. The first kappa shape index (κ1) is 8.09. The van der Waals surface area contributed by atoms with Crippen LogP contribution in [0.1, 0.15) is 39.0 Å². The molecule has 0 aromatic carbocycles. The molecule has 68 valence electrons. The molecule has 1 unspecified atom stereocenters.